The van der Waals surface area contributed by atoms with E-state index in [2.05, 4.69) is 5.43 Å². The number of rotatable bonds is 2. The number of hydrogen-bond acceptors (Lipinski definition) is 4. The molecule has 0 spiro atoms. The van der Waals surface area contributed by atoms with E-state index in [0.717, 1.165) is 13.0 Å². The molecule has 1 aliphatic heterocycles. The van der Waals surface area contributed by atoms with Gasteiger partial charge in [-0.15, -0.1) is 0 Å². The molecule has 1 rings (SSSR count). The van der Waals surface area contributed by atoms with Crippen LogP contribution in [0.15, 0.2) is 0 Å². The molecular weight excluding hydrogens is 206 g/mol. The molecule has 16 heavy (non-hydrogen) atoms. The second-order valence-corrected chi connectivity index (χ2v) is 5.44. The third-order valence-corrected chi connectivity index (χ3v) is 2.28. The number of ether oxygens (including phenoxy) is 1. The first-order valence-electron chi connectivity index (χ1n) is 5.69. The lowest BCUT2D eigenvalue weighted by Crippen LogP contribution is -2.43. The van der Waals surface area contributed by atoms with Gasteiger partial charge in [0.1, 0.15) is 5.60 Å². The summed E-state index contributed by atoms with van der Waals surface area (Å²) in [6, 6.07) is 0.336. The van der Waals surface area contributed by atoms with Crippen LogP contribution in [0.4, 0.5) is 4.79 Å². The lowest BCUT2D eigenvalue weighted by atomic mass is 10.2. The van der Waals surface area contributed by atoms with Gasteiger partial charge in [-0.25, -0.2) is 4.79 Å². The maximum Gasteiger partial charge on any atom is 0.410 e. The van der Waals surface area contributed by atoms with E-state index in [0.29, 0.717) is 12.6 Å². The Hall–Kier alpha value is -0.810. The van der Waals surface area contributed by atoms with Crippen LogP contribution < -0.4 is 5.43 Å². The smallest absolute Gasteiger partial charge is 0.410 e. The average Bonchev–Trinajstić information content (AvgIpc) is 2.48. The molecule has 0 aromatic carbocycles. The number of nitrogens with one attached hydrogen (secondary N) is 1. The molecule has 0 aromatic heterocycles. The van der Waals surface area contributed by atoms with Gasteiger partial charge in [0.15, 0.2) is 0 Å². The molecule has 0 aliphatic carbocycles. The fourth-order valence-electron chi connectivity index (χ4n) is 1.72. The van der Waals surface area contributed by atoms with E-state index >= 15 is 0 Å². The number of likely N-dealkylation sites (tertiary alicyclic amines) is 1. The lowest BCUT2D eigenvalue weighted by molar-refractivity contribution is 0.0287. The van der Waals surface area contributed by atoms with E-state index in [1.807, 2.05) is 39.9 Å². The third kappa shape index (κ3) is 4.37. The normalized spacial score (nSPS) is 21.6. The molecule has 1 saturated heterocycles. The van der Waals surface area contributed by atoms with E-state index in [9.17, 15) is 4.79 Å². The zero-order chi connectivity index (χ0) is 12.3. The lowest BCUT2D eigenvalue weighted by Gasteiger charge is -2.25. The molecule has 0 radical (unpaired) electrons. The number of hydrazine groups is 1. The van der Waals surface area contributed by atoms with Gasteiger partial charge in [0.2, 0.25) is 0 Å². The fraction of sp³-hybridized carbons (Fsp3) is 0.909. The van der Waals surface area contributed by atoms with Crippen LogP contribution in [0, 0.1) is 0 Å². The monoisotopic (exact) mass is 229 g/mol. The van der Waals surface area contributed by atoms with Gasteiger partial charge in [0, 0.05) is 33.2 Å². The van der Waals surface area contributed by atoms with Gasteiger partial charge >= 0.3 is 6.09 Å². The first-order valence-corrected chi connectivity index (χ1v) is 5.69. The highest BCUT2D eigenvalue weighted by atomic mass is 16.6. The molecule has 0 saturated carbocycles. The standard InChI is InChI=1S/C11H23N3O2/c1-11(2,3)16-10(15)14-7-6-9(8-14)12-13(4)5/h9,12H,6-8H2,1-5H3. The maximum absolute atomic E-state index is 11.8. The summed E-state index contributed by atoms with van der Waals surface area (Å²) in [7, 11) is 3.91. The van der Waals surface area contributed by atoms with Gasteiger partial charge in [-0.05, 0) is 27.2 Å². The molecule has 1 fully saturated rings. The number of hydrogen-bond donors (Lipinski definition) is 1. The Kier molecular flexibility index (Phi) is 4.15. The van der Waals surface area contributed by atoms with Crippen LogP contribution in [-0.2, 0) is 4.74 Å². The number of carbonyl (C=O) groups is 1. The molecule has 1 amide bonds. The van der Waals surface area contributed by atoms with Crippen LogP contribution >= 0.6 is 0 Å². The molecule has 94 valence electrons. The van der Waals surface area contributed by atoms with Crippen LogP contribution in [0.2, 0.25) is 0 Å². The number of nitrogens with zero attached hydrogens (tertiary/aromatic N) is 2. The van der Waals surface area contributed by atoms with Gasteiger partial charge in [-0.2, -0.15) is 0 Å². The van der Waals surface area contributed by atoms with Crippen molar-refractivity contribution in [3.8, 4) is 0 Å². The highest BCUT2D eigenvalue weighted by Gasteiger charge is 2.29. The largest absolute Gasteiger partial charge is 0.444 e. The molecule has 1 heterocycles. The molecule has 0 bridgehead atoms. The molecule has 5 heteroatoms. The predicted molar refractivity (Wildman–Crippen MR) is 63.0 cm³/mol. The topological polar surface area (TPSA) is 44.8 Å². The fourth-order valence-corrected chi connectivity index (χ4v) is 1.72. The van der Waals surface area contributed by atoms with Gasteiger partial charge in [0.25, 0.3) is 0 Å². The molecule has 1 N–H and O–H groups in total. The number of amides is 1. The molecule has 5 nitrogen and oxygen atoms in total. The third-order valence-electron chi connectivity index (χ3n) is 2.28. The van der Waals surface area contributed by atoms with Gasteiger partial charge in [0.05, 0.1) is 0 Å². The Morgan fingerprint density at radius 1 is 1.44 bits per heavy atom. The Bertz CT molecular complexity index is 248. The SMILES string of the molecule is CN(C)NC1CCN(C(=O)OC(C)(C)C)C1. The second kappa shape index (κ2) is 5.01. The van der Waals surface area contributed by atoms with E-state index < -0.39 is 5.60 Å². The summed E-state index contributed by atoms with van der Waals surface area (Å²) in [6.45, 7) is 7.14. The molecule has 0 aromatic rings. The first kappa shape index (κ1) is 13.3. The molecular formula is C11H23N3O2. The van der Waals surface area contributed by atoms with E-state index in [-0.39, 0.29) is 6.09 Å². The van der Waals surface area contributed by atoms with Crippen molar-refractivity contribution in [1.29, 1.82) is 0 Å². The number of carbonyl (C=O) groups excluding carboxylic acids is 1. The summed E-state index contributed by atoms with van der Waals surface area (Å²) >= 11 is 0. The van der Waals surface area contributed by atoms with Crippen LogP contribution in [0.25, 0.3) is 0 Å². The van der Waals surface area contributed by atoms with Crippen LogP contribution in [0.5, 0.6) is 0 Å². The average molecular weight is 229 g/mol. The summed E-state index contributed by atoms with van der Waals surface area (Å²) in [5, 5.41) is 1.92. The van der Waals surface area contributed by atoms with Crippen molar-refractivity contribution in [2.45, 2.75) is 38.8 Å². The van der Waals surface area contributed by atoms with Crippen molar-refractivity contribution in [1.82, 2.24) is 15.3 Å². The zero-order valence-corrected chi connectivity index (χ0v) is 10.9. The van der Waals surface area contributed by atoms with Gasteiger partial charge in [-0.1, -0.05) is 0 Å². The highest BCUT2D eigenvalue weighted by Crippen LogP contribution is 2.15. The van der Waals surface area contributed by atoms with Crippen molar-refractivity contribution in [2.24, 2.45) is 0 Å². The minimum absolute atomic E-state index is 0.212. The van der Waals surface area contributed by atoms with Gasteiger partial charge in [-0.3, -0.25) is 10.4 Å². The summed E-state index contributed by atoms with van der Waals surface area (Å²) in [6.07, 6.45) is 0.757. The molecule has 1 atom stereocenters. The van der Waals surface area contributed by atoms with Gasteiger partial charge < -0.3 is 9.64 Å². The van der Waals surface area contributed by atoms with E-state index in [1.165, 1.54) is 0 Å². The Balaban J connectivity index is 2.38. The van der Waals surface area contributed by atoms with E-state index in [1.54, 1.807) is 4.90 Å². The molecule has 1 aliphatic rings. The van der Waals surface area contributed by atoms with Crippen molar-refractivity contribution in [2.75, 3.05) is 27.2 Å². The van der Waals surface area contributed by atoms with Crippen LogP contribution in [0.3, 0.4) is 0 Å². The van der Waals surface area contributed by atoms with Crippen LogP contribution in [-0.4, -0.2) is 54.8 Å². The van der Waals surface area contributed by atoms with Crippen molar-refractivity contribution < 1.29 is 9.53 Å². The predicted octanol–water partition coefficient (Wildman–Crippen LogP) is 1.06. The summed E-state index contributed by atoms with van der Waals surface area (Å²) < 4.78 is 5.32. The summed E-state index contributed by atoms with van der Waals surface area (Å²) in [4.78, 5) is 13.5. The maximum atomic E-state index is 11.8. The van der Waals surface area contributed by atoms with Crippen LogP contribution in [0.1, 0.15) is 27.2 Å². The zero-order valence-electron chi connectivity index (χ0n) is 10.9. The summed E-state index contributed by atoms with van der Waals surface area (Å²) in [5.74, 6) is 0. The quantitative estimate of drug-likeness (QED) is 0.719. The Morgan fingerprint density at radius 2 is 2.06 bits per heavy atom. The van der Waals surface area contributed by atoms with Crippen molar-refractivity contribution >= 4 is 6.09 Å². The summed E-state index contributed by atoms with van der Waals surface area (Å²) in [5.41, 5.74) is 2.86. The minimum Gasteiger partial charge on any atom is -0.444 e. The Morgan fingerprint density at radius 3 is 2.56 bits per heavy atom. The second-order valence-electron chi connectivity index (χ2n) is 5.44. The highest BCUT2D eigenvalue weighted by molar-refractivity contribution is 5.68. The Labute approximate surface area is 97.7 Å². The minimum atomic E-state index is -0.413. The van der Waals surface area contributed by atoms with E-state index in [4.69, 9.17) is 4.74 Å². The first-order chi connectivity index (χ1) is 7.28. The van der Waals surface area contributed by atoms with Crippen molar-refractivity contribution in [3.05, 3.63) is 0 Å². The molecule has 1 unspecified atom stereocenters. The van der Waals surface area contributed by atoms with Crippen molar-refractivity contribution in [3.63, 3.8) is 0 Å².